The summed E-state index contributed by atoms with van der Waals surface area (Å²) in [5.74, 6) is -1.12. The van der Waals surface area contributed by atoms with Gasteiger partial charge in [-0.15, -0.1) is 0 Å². The maximum absolute atomic E-state index is 11.4. The lowest BCUT2D eigenvalue weighted by Crippen LogP contribution is -2.27. The maximum atomic E-state index is 11.4. The van der Waals surface area contributed by atoms with Gasteiger partial charge >= 0.3 is 5.97 Å². The second kappa shape index (κ2) is 4.72. The molecule has 1 aromatic rings. The molecule has 1 heterocycles. The Balaban J connectivity index is 3.10. The summed E-state index contributed by atoms with van der Waals surface area (Å²) in [4.78, 5) is 22.1. The molecule has 1 aromatic heterocycles. The van der Waals surface area contributed by atoms with Gasteiger partial charge in [0.1, 0.15) is 0 Å². The molecule has 5 nitrogen and oxygen atoms in total. The minimum absolute atomic E-state index is 0.0678. The third-order valence-electron chi connectivity index (χ3n) is 2.17. The van der Waals surface area contributed by atoms with Gasteiger partial charge in [-0.1, -0.05) is 13.3 Å². The van der Waals surface area contributed by atoms with E-state index in [0.29, 0.717) is 0 Å². The first-order valence-corrected chi connectivity index (χ1v) is 4.89. The summed E-state index contributed by atoms with van der Waals surface area (Å²) in [6, 6.07) is 2.39. The van der Waals surface area contributed by atoms with Gasteiger partial charge in [-0.3, -0.25) is 4.79 Å². The lowest BCUT2D eigenvalue weighted by atomic mass is 10.2. The average Bonchev–Trinajstić information content (AvgIpc) is 2.18. The zero-order chi connectivity index (χ0) is 11.4. The van der Waals surface area contributed by atoms with E-state index in [4.69, 9.17) is 5.11 Å². The van der Waals surface area contributed by atoms with Gasteiger partial charge in [0, 0.05) is 6.07 Å². The minimum atomic E-state index is -1.12. The fraction of sp³-hybridized carbons (Fsp3) is 0.500. The molecule has 1 N–H and O–H groups in total. The van der Waals surface area contributed by atoms with E-state index in [1.54, 1.807) is 0 Å². The SMILES string of the molecule is CCCC(C)n1nc(C(=O)O)ccc1=O. The molecule has 0 spiro atoms. The molecule has 0 bridgehead atoms. The van der Waals surface area contributed by atoms with Gasteiger partial charge in [0.2, 0.25) is 0 Å². The van der Waals surface area contributed by atoms with Crippen molar-refractivity contribution in [3.05, 3.63) is 28.2 Å². The molecular formula is C10H14N2O3. The van der Waals surface area contributed by atoms with E-state index in [2.05, 4.69) is 5.10 Å². The second-order valence-electron chi connectivity index (χ2n) is 3.44. The first-order chi connectivity index (χ1) is 7.06. The number of hydrogen-bond donors (Lipinski definition) is 1. The van der Waals surface area contributed by atoms with Gasteiger partial charge in [0.25, 0.3) is 5.56 Å². The van der Waals surface area contributed by atoms with Crippen molar-refractivity contribution in [2.75, 3.05) is 0 Å². The first kappa shape index (κ1) is 11.4. The Morgan fingerprint density at radius 3 is 2.80 bits per heavy atom. The van der Waals surface area contributed by atoms with Crippen LogP contribution in [0, 0.1) is 0 Å². The number of rotatable bonds is 4. The Bertz CT molecular complexity index is 411. The van der Waals surface area contributed by atoms with Crippen LogP contribution in [-0.4, -0.2) is 20.9 Å². The summed E-state index contributed by atoms with van der Waals surface area (Å²) in [5, 5.41) is 12.5. The van der Waals surface area contributed by atoms with E-state index in [1.165, 1.54) is 16.8 Å². The normalized spacial score (nSPS) is 12.4. The van der Waals surface area contributed by atoms with E-state index in [0.717, 1.165) is 12.8 Å². The number of aromatic nitrogens is 2. The number of nitrogens with zero attached hydrogens (tertiary/aromatic N) is 2. The number of carbonyl (C=O) groups is 1. The number of hydrogen-bond acceptors (Lipinski definition) is 3. The highest BCUT2D eigenvalue weighted by molar-refractivity contribution is 5.84. The Morgan fingerprint density at radius 2 is 2.27 bits per heavy atom. The monoisotopic (exact) mass is 210 g/mol. The number of carboxylic acids is 1. The lowest BCUT2D eigenvalue weighted by molar-refractivity contribution is 0.0687. The van der Waals surface area contributed by atoms with E-state index < -0.39 is 5.97 Å². The highest BCUT2D eigenvalue weighted by Crippen LogP contribution is 2.08. The van der Waals surface area contributed by atoms with Crippen molar-refractivity contribution in [3.63, 3.8) is 0 Å². The smallest absolute Gasteiger partial charge is 0.356 e. The summed E-state index contributed by atoms with van der Waals surface area (Å²) in [5.41, 5.74) is -0.362. The van der Waals surface area contributed by atoms with Crippen LogP contribution in [-0.2, 0) is 0 Å². The van der Waals surface area contributed by atoms with Crippen molar-refractivity contribution in [1.29, 1.82) is 0 Å². The summed E-state index contributed by atoms with van der Waals surface area (Å²) in [7, 11) is 0. The number of carboxylic acid groups (broad SMARTS) is 1. The predicted molar refractivity (Wildman–Crippen MR) is 55.1 cm³/mol. The van der Waals surface area contributed by atoms with Crippen molar-refractivity contribution >= 4 is 5.97 Å². The fourth-order valence-electron chi connectivity index (χ4n) is 1.40. The molecule has 15 heavy (non-hydrogen) atoms. The van der Waals surface area contributed by atoms with Gasteiger partial charge in [-0.2, -0.15) is 5.10 Å². The van der Waals surface area contributed by atoms with Crippen LogP contribution in [0.2, 0.25) is 0 Å². The van der Waals surface area contributed by atoms with Crippen LogP contribution in [0.4, 0.5) is 0 Å². The highest BCUT2D eigenvalue weighted by atomic mass is 16.4. The molecule has 1 unspecified atom stereocenters. The van der Waals surface area contributed by atoms with E-state index in [9.17, 15) is 9.59 Å². The van der Waals surface area contributed by atoms with Crippen molar-refractivity contribution in [2.24, 2.45) is 0 Å². The summed E-state index contributed by atoms with van der Waals surface area (Å²) < 4.78 is 1.23. The standard InChI is InChI=1S/C10H14N2O3/c1-3-4-7(2)12-9(13)6-5-8(11-12)10(14)15/h5-7H,3-4H2,1-2H3,(H,14,15). The summed E-state index contributed by atoms with van der Waals surface area (Å²) in [6.45, 7) is 3.85. The van der Waals surface area contributed by atoms with Gasteiger partial charge in [-0.25, -0.2) is 9.48 Å². The van der Waals surface area contributed by atoms with E-state index >= 15 is 0 Å². The van der Waals surface area contributed by atoms with Gasteiger partial charge in [0.05, 0.1) is 6.04 Å². The van der Waals surface area contributed by atoms with Crippen molar-refractivity contribution in [2.45, 2.75) is 32.7 Å². The highest BCUT2D eigenvalue weighted by Gasteiger charge is 2.11. The van der Waals surface area contributed by atoms with Crippen LogP contribution in [0.25, 0.3) is 0 Å². The van der Waals surface area contributed by atoms with E-state index in [-0.39, 0.29) is 17.3 Å². The fourth-order valence-corrected chi connectivity index (χ4v) is 1.40. The van der Waals surface area contributed by atoms with Crippen molar-refractivity contribution in [1.82, 2.24) is 9.78 Å². The first-order valence-electron chi connectivity index (χ1n) is 4.89. The zero-order valence-corrected chi connectivity index (χ0v) is 8.80. The lowest BCUT2D eigenvalue weighted by Gasteiger charge is -2.12. The zero-order valence-electron chi connectivity index (χ0n) is 8.80. The van der Waals surface area contributed by atoms with Gasteiger partial charge in [-0.05, 0) is 19.4 Å². The maximum Gasteiger partial charge on any atom is 0.356 e. The topological polar surface area (TPSA) is 72.2 Å². The van der Waals surface area contributed by atoms with Crippen molar-refractivity contribution in [3.8, 4) is 0 Å². The Kier molecular flexibility index (Phi) is 3.60. The third-order valence-corrected chi connectivity index (χ3v) is 2.17. The molecule has 0 radical (unpaired) electrons. The second-order valence-corrected chi connectivity index (χ2v) is 3.44. The van der Waals surface area contributed by atoms with Crippen LogP contribution < -0.4 is 5.56 Å². The minimum Gasteiger partial charge on any atom is -0.476 e. The Labute approximate surface area is 87.4 Å². The molecule has 5 heteroatoms. The summed E-state index contributed by atoms with van der Waals surface area (Å²) in [6.07, 6.45) is 1.72. The Hall–Kier alpha value is -1.65. The molecule has 82 valence electrons. The quantitative estimate of drug-likeness (QED) is 0.813. The van der Waals surface area contributed by atoms with Crippen LogP contribution in [0.5, 0.6) is 0 Å². The van der Waals surface area contributed by atoms with Crippen LogP contribution >= 0.6 is 0 Å². The molecule has 1 atom stereocenters. The molecule has 0 fully saturated rings. The van der Waals surface area contributed by atoms with E-state index in [1.807, 2.05) is 13.8 Å². The Morgan fingerprint density at radius 1 is 1.60 bits per heavy atom. The molecule has 0 aliphatic heterocycles. The number of aromatic carboxylic acids is 1. The molecule has 0 saturated carbocycles. The van der Waals surface area contributed by atoms with Crippen LogP contribution in [0.3, 0.4) is 0 Å². The van der Waals surface area contributed by atoms with Gasteiger partial charge < -0.3 is 5.11 Å². The molecule has 0 aliphatic carbocycles. The molecular weight excluding hydrogens is 196 g/mol. The molecule has 1 rings (SSSR count). The molecule has 0 aromatic carbocycles. The van der Waals surface area contributed by atoms with Crippen LogP contribution in [0.15, 0.2) is 16.9 Å². The molecule has 0 saturated heterocycles. The third kappa shape index (κ3) is 2.65. The van der Waals surface area contributed by atoms with Crippen molar-refractivity contribution < 1.29 is 9.90 Å². The molecule has 0 amide bonds. The van der Waals surface area contributed by atoms with Gasteiger partial charge in [0.15, 0.2) is 5.69 Å². The molecule has 0 aliphatic rings. The predicted octanol–water partition coefficient (Wildman–Crippen LogP) is 1.30. The summed E-state index contributed by atoms with van der Waals surface area (Å²) >= 11 is 0. The average molecular weight is 210 g/mol. The van der Waals surface area contributed by atoms with Crippen LogP contribution in [0.1, 0.15) is 43.2 Å². The largest absolute Gasteiger partial charge is 0.476 e.